The fourth-order valence-corrected chi connectivity index (χ4v) is 1.05. The Morgan fingerprint density at radius 2 is 1.67 bits per heavy atom. The Labute approximate surface area is 84.3 Å². The number of benzene rings is 1. The second kappa shape index (κ2) is 4.60. The summed E-state index contributed by atoms with van der Waals surface area (Å²) in [4.78, 5) is 0. The van der Waals surface area contributed by atoms with Crippen LogP contribution in [0.1, 0.15) is 5.56 Å². The fourth-order valence-electron chi connectivity index (χ4n) is 1.05. The van der Waals surface area contributed by atoms with Crippen molar-refractivity contribution < 1.29 is 21.6 Å². The van der Waals surface area contributed by atoms with E-state index in [9.17, 15) is 0 Å². The highest BCUT2D eigenvalue weighted by Crippen LogP contribution is 2.03. The second-order valence-electron chi connectivity index (χ2n) is 3.42. The maximum absolute atomic E-state index is 5.80. The van der Waals surface area contributed by atoms with Crippen LogP contribution in [-0.2, 0) is 6.54 Å². The monoisotopic (exact) mass is 230 g/mol. The predicted octanol–water partition coefficient (Wildman–Crippen LogP) is -1.86. The van der Waals surface area contributed by atoms with Crippen LogP contribution < -0.4 is 22.8 Å². The van der Waals surface area contributed by atoms with Gasteiger partial charge in [0, 0.05) is 5.56 Å². The van der Waals surface area contributed by atoms with Gasteiger partial charge >= 0.3 is 0 Å². The maximum atomic E-state index is 5.80. The molecule has 0 aliphatic carbocycles. The first kappa shape index (κ1) is 11.6. The Kier molecular flexibility index (Phi) is 4.45. The first-order chi connectivity index (χ1) is 5.08. The number of nitrogens with zero attached hydrogens (tertiary/aromatic N) is 1. The molecule has 1 aromatic rings. The summed E-state index contributed by atoms with van der Waals surface area (Å²) in [6.07, 6.45) is 0. The maximum Gasteiger partial charge on any atom is 0.121 e. The first-order valence-electron chi connectivity index (χ1n) is 3.73. The van der Waals surface area contributed by atoms with Crippen LogP contribution in [0.2, 0.25) is 0 Å². The van der Waals surface area contributed by atoms with Crippen molar-refractivity contribution in [2.75, 3.05) is 14.1 Å². The van der Waals surface area contributed by atoms with Crippen LogP contribution in [0.5, 0.6) is 0 Å². The van der Waals surface area contributed by atoms with Gasteiger partial charge in [-0.3, -0.25) is 0 Å². The van der Waals surface area contributed by atoms with Crippen LogP contribution in [0.3, 0.4) is 0 Å². The molecule has 0 amide bonds. The van der Waals surface area contributed by atoms with Gasteiger partial charge in [-0.25, -0.2) is 4.59 Å². The van der Waals surface area contributed by atoms with Crippen molar-refractivity contribution >= 4 is 0 Å². The standard InChI is InChI=1S/C9H15N2.BrH/c1-11(2,10)8-9-6-4-3-5-7-9;/h3-7H,8,10H2,1-2H3;1H/q+1;/p-1. The highest BCUT2D eigenvalue weighted by molar-refractivity contribution is 5.13. The van der Waals surface area contributed by atoms with E-state index in [-0.39, 0.29) is 17.0 Å². The summed E-state index contributed by atoms with van der Waals surface area (Å²) in [5.41, 5.74) is 1.28. The zero-order valence-corrected chi connectivity index (χ0v) is 9.08. The zero-order valence-electron chi connectivity index (χ0n) is 7.50. The normalized spacial score (nSPS) is 10.6. The lowest BCUT2D eigenvalue weighted by molar-refractivity contribution is -0.915. The molecule has 1 rings (SSSR count). The third-order valence-corrected chi connectivity index (χ3v) is 1.43. The zero-order chi connectivity index (χ0) is 8.32. The van der Waals surface area contributed by atoms with Crippen LogP contribution in [0.4, 0.5) is 0 Å². The molecule has 0 unspecified atom stereocenters. The highest BCUT2D eigenvalue weighted by atomic mass is 79.9. The van der Waals surface area contributed by atoms with Crippen molar-refractivity contribution in [3.63, 3.8) is 0 Å². The third-order valence-electron chi connectivity index (χ3n) is 1.43. The van der Waals surface area contributed by atoms with Crippen molar-refractivity contribution in [2.45, 2.75) is 6.54 Å². The summed E-state index contributed by atoms with van der Waals surface area (Å²) in [5, 5.41) is 0. The average Bonchev–Trinajstić information content (AvgIpc) is 1.85. The minimum absolute atomic E-state index is 0. The van der Waals surface area contributed by atoms with E-state index in [0.717, 1.165) is 6.54 Å². The molecule has 3 heteroatoms. The molecule has 2 nitrogen and oxygen atoms in total. The van der Waals surface area contributed by atoms with Gasteiger partial charge in [0.05, 0.1) is 14.1 Å². The van der Waals surface area contributed by atoms with Crippen LogP contribution in [0, 0.1) is 0 Å². The molecule has 68 valence electrons. The van der Waals surface area contributed by atoms with Crippen LogP contribution in [0.25, 0.3) is 0 Å². The molecule has 0 radical (unpaired) electrons. The lowest BCUT2D eigenvalue weighted by Gasteiger charge is -2.21. The SMILES string of the molecule is C[N+](C)(N)Cc1ccccc1.[Br-]. The predicted molar refractivity (Wildman–Crippen MR) is 46.4 cm³/mol. The Balaban J connectivity index is 0.00000121. The van der Waals surface area contributed by atoms with Gasteiger partial charge in [-0.2, -0.15) is 5.84 Å². The molecular formula is C9H15BrN2. The molecular weight excluding hydrogens is 216 g/mol. The molecule has 0 aromatic heterocycles. The summed E-state index contributed by atoms with van der Waals surface area (Å²) >= 11 is 0. The topological polar surface area (TPSA) is 26.0 Å². The van der Waals surface area contributed by atoms with Crippen molar-refractivity contribution in [1.29, 1.82) is 0 Å². The molecule has 0 aliphatic heterocycles. The van der Waals surface area contributed by atoms with Gasteiger partial charge in [-0.1, -0.05) is 30.3 Å². The molecule has 0 aliphatic rings. The summed E-state index contributed by atoms with van der Waals surface area (Å²) in [6.45, 7) is 0.876. The number of halogens is 1. The summed E-state index contributed by atoms with van der Waals surface area (Å²) < 4.78 is 0.490. The van der Waals surface area contributed by atoms with Crippen molar-refractivity contribution in [3.8, 4) is 0 Å². The van der Waals surface area contributed by atoms with E-state index in [1.54, 1.807) is 0 Å². The van der Waals surface area contributed by atoms with Crippen molar-refractivity contribution in [1.82, 2.24) is 0 Å². The Hall–Kier alpha value is -0.380. The minimum atomic E-state index is 0. The van der Waals surface area contributed by atoms with Crippen LogP contribution in [0.15, 0.2) is 30.3 Å². The number of hydrogen-bond donors (Lipinski definition) is 1. The third kappa shape index (κ3) is 4.49. The quantitative estimate of drug-likeness (QED) is 0.360. The Morgan fingerprint density at radius 1 is 1.17 bits per heavy atom. The van der Waals surface area contributed by atoms with Gasteiger partial charge in [-0.05, 0) is 0 Å². The number of nitrogens with two attached hydrogens (primary N) is 1. The molecule has 0 spiro atoms. The molecule has 1 aromatic carbocycles. The van der Waals surface area contributed by atoms with Gasteiger partial charge in [0.2, 0.25) is 0 Å². The molecule has 0 saturated carbocycles. The minimum Gasteiger partial charge on any atom is -1.00 e. The van der Waals surface area contributed by atoms with E-state index in [2.05, 4.69) is 12.1 Å². The van der Waals surface area contributed by atoms with Gasteiger partial charge in [0.15, 0.2) is 0 Å². The second-order valence-corrected chi connectivity index (χ2v) is 3.42. The van der Waals surface area contributed by atoms with Crippen molar-refractivity contribution in [3.05, 3.63) is 35.9 Å². The number of hydrogen-bond acceptors (Lipinski definition) is 1. The van der Waals surface area contributed by atoms with E-state index < -0.39 is 0 Å². The largest absolute Gasteiger partial charge is 1.00 e. The molecule has 0 fully saturated rings. The lowest BCUT2D eigenvalue weighted by atomic mass is 10.2. The van der Waals surface area contributed by atoms with Gasteiger partial charge in [0.25, 0.3) is 0 Å². The first-order valence-corrected chi connectivity index (χ1v) is 3.73. The van der Waals surface area contributed by atoms with E-state index >= 15 is 0 Å². The van der Waals surface area contributed by atoms with E-state index in [1.807, 2.05) is 32.3 Å². The molecule has 0 bridgehead atoms. The Bertz CT molecular complexity index is 216. The van der Waals surface area contributed by atoms with Crippen molar-refractivity contribution in [2.24, 2.45) is 5.84 Å². The number of quaternary nitrogens is 1. The summed E-state index contributed by atoms with van der Waals surface area (Å²) in [7, 11) is 3.96. The summed E-state index contributed by atoms with van der Waals surface area (Å²) in [5.74, 6) is 5.80. The average molecular weight is 231 g/mol. The van der Waals surface area contributed by atoms with Gasteiger partial charge in [-0.15, -0.1) is 0 Å². The van der Waals surface area contributed by atoms with E-state index in [4.69, 9.17) is 5.84 Å². The molecule has 12 heavy (non-hydrogen) atoms. The molecule has 0 heterocycles. The van der Waals surface area contributed by atoms with Crippen LogP contribution in [-0.4, -0.2) is 18.7 Å². The fraction of sp³-hybridized carbons (Fsp3) is 0.333. The number of rotatable bonds is 2. The van der Waals surface area contributed by atoms with E-state index in [1.165, 1.54) is 5.56 Å². The van der Waals surface area contributed by atoms with Crippen LogP contribution >= 0.6 is 0 Å². The Morgan fingerprint density at radius 3 is 2.08 bits per heavy atom. The van der Waals surface area contributed by atoms with Gasteiger partial charge < -0.3 is 17.0 Å². The molecule has 0 saturated heterocycles. The lowest BCUT2D eigenvalue weighted by Crippen LogP contribution is -3.00. The molecule has 0 atom stereocenters. The smallest absolute Gasteiger partial charge is 0.121 e. The van der Waals surface area contributed by atoms with Gasteiger partial charge in [0.1, 0.15) is 6.54 Å². The highest BCUT2D eigenvalue weighted by Gasteiger charge is 2.07. The van der Waals surface area contributed by atoms with E-state index in [0.29, 0.717) is 4.59 Å². The summed E-state index contributed by atoms with van der Waals surface area (Å²) in [6, 6.07) is 10.3. The molecule has 2 N–H and O–H groups in total.